The molecule has 1 aromatic rings. The van der Waals surface area contributed by atoms with Crippen molar-refractivity contribution in [1.29, 1.82) is 0 Å². The number of carbonyl (C=O) groups is 2. The van der Waals surface area contributed by atoms with E-state index in [0.29, 0.717) is 17.5 Å². The van der Waals surface area contributed by atoms with Crippen LogP contribution in [0.25, 0.3) is 0 Å². The summed E-state index contributed by atoms with van der Waals surface area (Å²) in [4.78, 5) is 23.7. The van der Waals surface area contributed by atoms with Crippen LogP contribution in [0.5, 0.6) is 0 Å². The van der Waals surface area contributed by atoms with Crippen molar-refractivity contribution in [2.24, 2.45) is 5.92 Å². The summed E-state index contributed by atoms with van der Waals surface area (Å²) in [6.45, 7) is 7.44. The van der Waals surface area contributed by atoms with Gasteiger partial charge in [0, 0.05) is 23.5 Å². The molecule has 1 rings (SSSR count). The highest BCUT2D eigenvalue weighted by atomic mass is 16.1. The van der Waals surface area contributed by atoms with E-state index in [1.807, 2.05) is 39.8 Å². The van der Waals surface area contributed by atoms with Crippen LogP contribution in [0.2, 0.25) is 0 Å². The van der Waals surface area contributed by atoms with Gasteiger partial charge in [-0.3, -0.25) is 9.59 Å². The number of rotatable bonds is 4. The van der Waals surface area contributed by atoms with Crippen molar-refractivity contribution in [2.75, 3.05) is 0 Å². The maximum atomic E-state index is 12.0. The van der Waals surface area contributed by atoms with Crippen LogP contribution >= 0.6 is 0 Å². The predicted molar refractivity (Wildman–Crippen MR) is 65.0 cm³/mol. The van der Waals surface area contributed by atoms with Crippen LogP contribution in [0.15, 0.2) is 18.2 Å². The molecule has 0 fully saturated rings. The van der Waals surface area contributed by atoms with Gasteiger partial charge in [-0.2, -0.15) is 0 Å². The molecule has 0 saturated heterocycles. The molecule has 2 nitrogen and oxygen atoms in total. The van der Waals surface area contributed by atoms with Crippen LogP contribution < -0.4 is 0 Å². The molecule has 0 aliphatic heterocycles. The third-order valence-corrected chi connectivity index (χ3v) is 2.59. The maximum Gasteiger partial charge on any atom is 0.166 e. The number of hydrogen-bond donors (Lipinski definition) is 0. The van der Waals surface area contributed by atoms with Crippen LogP contribution in [0.3, 0.4) is 0 Å². The summed E-state index contributed by atoms with van der Waals surface area (Å²) >= 11 is 0. The van der Waals surface area contributed by atoms with Gasteiger partial charge in [0.2, 0.25) is 0 Å². The van der Waals surface area contributed by atoms with Crippen LogP contribution in [0.4, 0.5) is 0 Å². The molecule has 0 radical (unpaired) electrons. The molecule has 0 aliphatic rings. The molecule has 16 heavy (non-hydrogen) atoms. The fraction of sp³-hybridized carbons (Fsp3) is 0.429. The number of carbonyl (C=O) groups excluding carboxylic acids is 2. The van der Waals surface area contributed by atoms with Crippen molar-refractivity contribution < 1.29 is 9.59 Å². The molecular formula is C14H18O2. The first-order chi connectivity index (χ1) is 7.47. The summed E-state index contributed by atoms with van der Waals surface area (Å²) < 4.78 is 0. The highest BCUT2D eigenvalue weighted by Crippen LogP contribution is 2.17. The zero-order valence-corrected chi connectivity index (χ0v) is 10.3. The largest absolute Gasteiger partial charge is 0.294 e. The second-order valence-electron chi connectivity index (χ2n) is 4.34. The van der Waals surface area contributed by atoms with Gasteiger partial charge in [0.05, 0.1) is 0 Å². The Morgan fingerprint density at radius 1 is 1.19 bits per heavy atom. The Labute approximate surface area is 96.7 Å². The van der Waals surface area contributed by atoms with Crippen LogP contribution in [-0.2, 0) is 0 Å². The minimum Gasteiger partial charge on any atom is -0.294 e. The van der Waals surface area contributed by atoms with Crippen molar-refractivity contribution in [2.45, 2.75) is 34.1 Å². The Kier molecular flexibility index (Phi) is 3.99. The first-order valence-corrected chi connectivity index (χ1v) is 5.65. The zero-order chi connectivity index (χ0) is 12.3. The fourth-order valence-electron chi connectivity index (χ4n) is 1.61. The van der Waals surface area contributed by atoms with E-state index < -0.39 is 0 Å². The Hall–Kier alpha value is -1.44. The lowest BCUT2D eigenvalue weighted by Crippen LogP contribution is -2.13. The summed E-state index contributed by atoms with van der Waals surface area (Å²) in [6, 6.07) is 5.45. The van der Waals surface area contributed by atoms with E-state index in [0.717, 1.165) is 5.56 Å². The molecule has 0 aromatic heterocycles. The second-order valence-corrected chi connectivity index (χ2v) is 4.34. The molecule has 0 N–H and O–H groups in total. The highest BCUT2D eigenvalue weighted by Gasteiger charge is 2.18. The van der Waals surface area contributed by atoms with Gasteiger partial charge < -0.3 is 0 Å². The summed E-state index contributed by atoms with van der Waals surface area (Å²) in [6.07, 6.45) is 0.432. The van der Waals surface area contributed by atoms with E-state index in [1.165, 1.54) is 0 Å². The highest BCUT2D eigenvalue weighted by molar-refractivity contribution is 6.09. The molecule has 0 spiro atoms. The molecule has 0 aliphatic carbocycles. The van der Waals surface area contributed by atoms with Crippen molar-refractivity contribution in [3.05, 3.63) is 34.9 Å². The van der Waals surface area contributed by atoms with Crippen molar-refractivity contribution in [3.8, 4) is 0 Å². The first-order valence-electron chi connectivity index (χ1n) is 5.65. The van der Waals surface area contributed by atoms with E-state index in [-0.39, 0.29) is 17.5 Å². The number of benzene rings is 1. The van der Waals surface area contributed by atoms with Gasteiger partial charge in [-0.15, -0.1) is 0 Å². The third kappa shape index (κ3) is 2.57. The monoisotopic (exact) mass is 218 g/mol. The normalized spacial score (nSPS) is 10.6. The topological polar surface area (TPSA) is 34.1 Å². The van der Waals surface area contributed by atoms with Gasteiger partial charge in [0.1, 0.15) is 0 Å². The summed E-state index contributed by atoms with van der Waals surface area (Å²) in [7, 11) is 0. The van der Waals surface area contributed by atoms with E-state index in [9.17, 15) is 9.59 Å². The summed E-state index contributed by atoms with van der Waals surface area (Å²) in [5, 5.41) is 0. The molecule has 2 heteroatoms. The van der Waals surface area contributed by atoms with Crippen molar-refractivity contribution in [3.63, 3.8) is 0 Å². The first kappa shape index (κ1) is 12.6. The molecule has 0 unspecified atom stereocenters. The average molecular weight is 218 g/mol. The SMILES string of the molecule is CCC(=O)c1ccc(C)cc1C(=O)C(C)C. The molecule has 0 heterocycles. The molecule has 1 aromatic carbocycles. The van der Waals surface area contributed by atoms with E-state index >= 15 is 0 Å². The van der Waals surface area contributed by atoms with Crippen LogP contribution in [0, 0.1) is 12.8 Å². The van der Waals surface area contributed by atoms with Gasteiger partial charge in [-0.25, -0.2) is 0 Å². The zero-order valence-electron chi connectivity index (χ0n) is 10.3. The van der Waals surface area contributed by atoms with Gasteiger partial charge in [0.25, 0.3) is 0 Å². The third-order valence-electron chi connectivity index (χ3n) is 2.59. The minimum atomic E-state index is -0.0785. The number of hydrogen-bond acceptors (Lipinski definition) is 2. The second kappa shape index (κ2) is 5.06. The number of Topliss-reactive ketones (excluding diaryl/α,β-unsaturated/α-hetero) is 2. The fourth-order valence-corrected chi connectivity index (χ4v) is 1.61. The quantitative estimate of drug-likeness (QED) is 0.725. The van der Waals surface area contributed by atoms with E-state index in [4.69, 9.17) is 0 Å². The Morgan fingerprint density at radius 2 is 1.81 bits per heavy atom. The van der Waals surface area contributed by atoms with E-state index in [2.05, 4.69) is 0 Å². The van der Waals surface area contributed by atoms with Crippen LogP contribution in [-0.4, -0.2) is 11.6 Å². The lowest BCUT2D eigenvalue weighted by atomic mass is 9.92. The lowest BCUT2D eigenvalue weighted by Gasteiger charge is -2.10. The van der Waals surface area contributed by atoms with Crippen LogP contribution in [0.1, 0.15) is 53.5 Å². The van der Waals surface area contributed by atoms with Crippen molar-refractivity contribution in [1.82, 2.24) is 0 Å². The standard InChI is InChI=1S/C14H18O2/c1-5-13(15)11-7-6-10(4)8-12(11)14(16)9(2)3/h6-9H,5H2,1-4H3. The Balaban J connectivity index is 3.29. The summed E-state index contributed by atoms with van der Waals surface area (Å²) in [5.74, 6) is -0.00490. The van der Waals surface area contributed by atoms with Gasteiger partial charge >= 0.3 is 0 Å². The van der Waals surface area contributed by atoms with Gasteiger partial charge in [-0.05, 0) is 13.0 Å². The van der Waals surface area contributed by atoms with Gasteiger partial charge in [0.15, 0.2) is 11.6 Å². The molecule has 0 bridgehead atoms. The van der Waals surface area contributed by atoms with Crippen molar-refractivity contribution >= 4 is 11.6 Å². The maximum absolute atomic E-state index is 12.0. The lowest BCUT2D eigenvalue weighted by molar-refractivity contribution is 0.0922. The molecule has 0 atom stereocenters. The Morgan fingerprint density at radius 3 is 2.31 bits per heavy atom. The summed E-state index contributed by atoms with van der Waals surface area (Å²) in [5.41, 5.74) is 2.14. The Bertz CT molecular complexity index is 417. The minimum absolute atomic E-state index is 0.0315. The molecular weight excluding hydrogens is 200 g/mol. The van der Waals surface area contributed by atoms with Gasteiger partial charge in [-0.1, -0.05) is 38.5 Å². The molecule has 0 amide bonds. The number of aryl methyl sites for hydroxylation is 1. The average Bonchev–Trinajstić information content (AvgIpc) is 2.26. The smallest absolute Gasteiger partial charge is 0.166 e. The van der Waals surface area contributed by atoms with E-state index in [1.54, 1.807) is 6.07 Å². The predicted octanol–water partition coefficient (Wildman–Crippen LogP) is 3.43. The molecule has 86 valence electrons. The molecule has 0 saturated carbocycles. The number of ketones is 2.